The van der Waals surface area contributed by atoms with Gasteiger partial charge < -0.3 is 10.2 Å². The van der Waals surface area contributed by atoms with E-state index >= 15 is 0 Å². The first-order chi connectivity index (χ1) is 13.6. The number of halogens is 1. The van der Waals surface area contributed by atoms with Crippen LogP contribution in [0.25, 0.3) is 5.69 Å². The van der Waals surface area contributed by atoms with Crippen molar-refractivity contribution in [3.05, 3.63) is 41.0 Å². The number of aromatic nitrogens is 2. The molecular formula is C22H31ClN4O2. The second-order valence-electron chi connectivity index (χ2n) is 8.31. The Bertz CT molecular complexity index is 837. The van der Waals surface area contributed by atoms with Crippen LogP contribution in [0.15, 0.2) is 30.3 Å². The van der Waals surface area contributed by atoms with Gasteiger partial charge in [-0.25, -0.2) is 4.68 Å². The van der Waals surface area contributed by atoms with Gasteiger partial charge in [0.15, 0.2) is 0 Å². The molecule has 1 N–H and O–H groups in total. The van der Waals surface area contributed by atoms with Crippen molar-refractivity contribution in [1.29, 1.82) is 0 Å². The Balaban J connectivity index is 2.16. The second kappa shape index (κ2) is 9.92. The molecule has 0 spiro atoms. The number of likely N-dealkylation sites (N-methyl/N-ethyl adjacent to an activating group) is 1. The standard InChI is InChI=1S/C22H31ClN4O2/c1-6-7-8-9-21(29)26(5)15-20(28)24-19-14-18(22(2,3)4)25-27(19)17-12-10-16(23)11-13-17/h10-14H,6-9,15H2,1-5H3,(H,24,28). The summed E-state index contributed by atoms with van der Waals surface area (Å²) in [5.41, 5.74) is 1.47. The number of anilines is 1. The van der Waals surface area contributed by atoms with Crippen molar-refractivity contribution in [2.45, 2.75) is 58.8 Å². The van der Waals surface area contributed by atoms with E-state index in [9.17, 15) is 9.59 Å². The Hall–Kier alpha value is -2.34. The van der Waals surface area contributed by atoms with Crippen LogP contribution in [0.4, 0.5) is 5.82 Å². The number of rotatable bonds is 8. The number of nitrogens with zero attached hydrogens (tertiary/aromatic N) is 3. The molecule has 0 unspecified atom stereocenters. The van der Waals surface area contributed by atoms with Crippen molar-refractivity contribution in [2.75, 3.05) is 18.9 Å². The van der Waals surface area contributed by atoms with Gasteiger partial charge in [-0.05, 0) is 30.7 Å². The summed E-state index contributed by atoms with van der Waals surface area (Å²) in [7, 11) is 1.66. The van der Waals surface area contributed by atoms with Gasteiger partial charge in [-0.1, -0.05) is 52.1 Å². The SMILES string of the molecule is CCCCCC(=O)N(C)CC(=O)Nc1cc(C(C)(C)C)nn1-c1ccc(Cl)cc1. The molecule has 0 radical (unpaired) electrons. The molecular weight excluding hydrogens is 388 g/mol. The molecule has 0 fully saturated rings. The zero-order valence-corrected chi connectivity index (χ0v) is 18.7. The van der Waals surface area contributed by atoms with E-state index in [2.05, 4.69) is 38.1 Å². The summed E-state index contributed by atoms with van der Waals surface area (Å²) in [6.07, 6.45) is 3.39. The van der Waals surface area contributed by atoms with Gasteiger partial charge in [0.05, 0.1) is 17.9 Å². The van der Waals surface area contributed by atoms with E-state index in [1.54, 1.807) is 23.9 Å². The summed E-state index contributed by atoms with van der Waals surface area (Å²) in [5.74, 6) is 0.288. The number of benzene rings is 1. The molecule has 1 aromatic carbocycles. The lowest BCUT2D eigenvalue weighted by molar-refractivity contribution is -0.133. The molecule has 0 saturated heterocycles. The fourth-order valence-electron chi connectivity index (χ4n) is 2.82. The number of unbranched alkanes of at least 4 members (excludes halogenated alkanes) is 2. The first-order valence-electron chi connectivity index (χ1n) is 10.0. The van der Waals surface area contributed by atoms with E-state index in [4.69, 9.17) is 11.6 Å². The largest absolute Gasteiger partial charge is 0.336 e. The molecule has 6 nitrogen and oxygen atoms in total. The Morgan fingerprint density at radius 1 is 1.17 bits per heavy atom. The van der Waals surface area contributed by atoms with Crippen LogP contribution < -0.4 is 5.32 Å². The lowest BCUT2D eigenvalue weighted by Crippen LogP contribution is -2.35. The second-order valence-corrected chi connectivity index (χ2v) is 8.74. The third-order valence-corrected chi connectivity index (χ3v) is 4.87. The first kappa shape index (κ1) is 22.9. The number of hydrogen-bond donors (Lipinski definition) is 1. The molecule has 0 aliphatic heterocycles. The smallest absolute Gasteiger partial charge is 0.245 e. The maximum absolute atomic E-state index is 12.6. The zero-order valence-electron chi connectivity index (χ0n) is 18.0. The Labute approximate surface area is 178 Å². The highest BCUT2D eigenvalue weighted by Gasteiger charge is 2.22. The van der Waals surface area contributed by atoms with Crippen LogP contribution in [-0.2, 0) is 15.0 Å². The molecule has 1 aromatic heterocycles. The Kier molecular flexibility index (Phi) is 7.85. The van der Waals surface area contributed by atoms with Gasteiger partial charge in [-0.15, -0.1) is 0 Å². The number of nitrogens with one attached hydrogen (secondary N) is 1. The highest BCUT2D eigenvalue weighted by atomic mass is 35.5. The third kappa shape index (κ3) is 6.60. The molecule has 0 atom stereocenters. The van der Waals surface area contributed by atoms with Crippen molar-refractivity contribution in [1.82, 2.24) is 14.7 Å². The summed E-state index contributed by atoms with van der Waals surface area (Å²) in [6.45, 7) is 8.29. The highest BCUT2D eigenvalue weighted by Crippen LogP contribution is 2.26. The molecule has 0 saturated carbocycles. The molecule has 2 rings (SSSR count). The van der Waals surface area contributed by atoms with Crippen molar-refractivity contribution in [3.8, 4) is 5.69 Å². The normalized spacial score (nSPS) is 11.4. The minimum absolute atomic E-state index is 0.00159. The van der Waals surface area contributed by atoms with E-state index in [1.165, 1.54) is 4.90 Å². The van der Waals surface area contributed by atoms with E-state index in [1.807, 2.05) is 18.2 Å². The molecule has 0 aliphatic rings. The topological polar surface area (TPSA) is 67.2 Å². The summed E-state index contributed by atoms with van der Waals surface area (Å²) in [6, 6.07) is 9.13. The third-order valence-electron chi connectivity index (χ3n) is 4.62. The molecule has 7 heteroatoms. The van der Waals surface area contributed by atoms with Crippen molar-refractivity contribution in [3.63, 3.8) is 0 Å². The Morgan fingerprint density at radius 3 is 2.41 bits per heavy atom. The Morgan fingerprint density at radius 2 is 1.83 bits per heavy atom. The molecule has 1 heterocycles. The number of hydrogen-bond acceptors (Lipinski definition) is 3. The van der Waals surface area contributed by atoms with Crippen LogP contribution >= 0.6 is 11.6 Å². The maximum atomic E-state index is 12.6. The van der Waals surface area contributed by atoms with Crippen LogP contribution in [0.5, 0.6) is 0 Å². The zero-order chi connectivity index (χ0) is 21.6. The van der Waals surface area contributed by atoms with Crippen LogP contribution in [0.1, 0.15) is 59.1 Å². The molecule has 2 amide bonds. The van der Waals surface area contributed by atoms with Crippen LogP contribution in [0.2, 0.25) is 5.02 Å². The lowest BCUT2D eigenvalue weighted by Gasteiger charge is -2.17. The average Bonchev–Trinajstić information content (AvgIpc) is 3.06. The van der Waals surface area contributed by atoms with Crippen LogP contribution in [0.3, 0.4) is 0 Å². The molecule has 2 aromatic rings. The minimum atomic E-state index is -0.257. The summed E-state index contributed by atoms with van der Waals surface area (Å²) >= 11 is 6.00. The summed E-state index contributed by atoms with van der Waals surface area (Å²) in [4.78, 5) is 26.2. The van der Waals surface area contributed by atoms with Gasteiger partial charge in [0, 0.05) is 30.0 Å². The number of carbonyl (C=O) groups excluding carboxylic acids is 2. The van der Waals surface area contributed by atoms with Crippen LogP contribution in [-0.4, -0.2) is 40.1 Å². The van der Waals surface area contributed by atoms with E-state index < -0.39 is 0 Å². The fourth-order valence-corrected chi connectivity index (χ4v) is 2.94. The van der Waals surface area contributed by atoms with Gasteiger partial charge in [0.2, 0.25) is 11.8 Å². The molecule has 29 heavy (non-hydrogen) atoms. The van der Waals surface area contributed by atoms with Crippen molar-refractivity contribution >= 4 is 29.2 Å². The molecule has 0 aliphatic carbocycles. The minimum Gasteiger partial charge on any atom is -0.336 e. The quantitative estimate of drug-likeness (QED) is 0.626. The van der Waals surface area contributed by atoms with Gasteiger partial charge >= 0.3 is 0 Å². The van der Waals surface area contributed by atoms with Crippen molar-refractivity contribution in [2.24, 2.45) is 0 Å². The number of amides is 2. The predicted molar refractivity (Wildman–Crippen MR) is 118 cm³/mol. The summed E-state index contributed by atoms with van der Waals surface area (Å²) < 4.78 is 1.69. The van der Waals surface area contributed by atoms with Crippen LogP contribution in [0, 0.1) is 0 Å². The van der Waals surface area contributed by atoms with Gasteiger partial charge in [-0.3, -0.25) is 9.59 Å². The van der Waals surface area contributed by atoms with Gasteiger partial charge in [-0.2, -0.15) is 5.10 Å². The maximum Gasteiger partial charge on any atom is 0.245 e. The molecule has 0 bridgehead atoms. The van der Waals surface area contributed by atoms with Gasteiger partial charge in [0.1, 0.15) is 5.82 Å². The number of carbonyl (C=O) groups is 2. The van der Waals surface area contributed by atoms with E-state index in [0.717, 1.165) is 30.6 Å². The highest BCUT2D eigenvalue weighted by molar-refractivity contribution is 6.30. The average molecular weight is 419 g/mol. The van der Waals surface area contributed by atoms with Crippen molar-refractivity contribution < 1.29 is 9.59 Å². The summed E-state index contributed by atoms with van der Waals surface area (Å²) in [5, 5.41) is 8.21. The molecule has 158 valence electrons. The predicted octanol–water partition coefficient (Wildman–Crippen LogP) is 4.80. The van der Waals surface area contributed by atoms with E-state index in [0.29, 0.717) is 17.3 Å². The monoisotopic (exact) mass is 418 g/mol. The lowest BCUT2D eigenvalue weighted by atomic mass is 9.92. The van der Waals surface area contributed by atoms with E-state index in [-0.39, 0.29) is 23.8 Å². The fraction of sp³-hybridized carbons (Fsp3) is 0.500. The van der Waals surface area contributed by atoms with Gasteiger partial charge in [0.25, 0.3) is 0 Å². The first-order valence-corrected chi connectivity index (χ1v) is 10.4.